The highest BCUT2D eigenvalue weighted by Crippen LogP contribution is 2.26. The van der Waals surface area contributed by atoms with Gasteiger partial charge in [0.1, 0.15) is 5.15 Å². The predicted molar refractivity (Wildman–Crippen MR) is 66.9 cm³/mol. The second-order valence-electron chi connectivity index (χ2n) is 3.54. The van der Waals surface area contributed by atoms with Crippen LogP contribution in [-0.2, 0) is 0 Å². The molecule has 2 rings (SSSR count). The molecule has 0 saturated carbocycles. The second kappa shape index (κ2) is 5.10. The molecule has 0 atom stereocenters. The number of ether oxygens (including phenoxy) is 1. The summed E-state index contributed by atoms with van der Waals surface area (Å²) in [7, 11) is 1.44. The van der Waals surface area contributed by atoms with Gasteiger partial charge in [0.25, 0.3) is 0 Å². The van der Waals surface area contributed by atoms with Gasteiger partial charge in [-0.1, -0.05) is 11.6 Å². The van der Waals surface area contributed by atoms with Crippen LogP contribution in [0.3, 0.4) is 0 Å². The first-order chi connectivity index (χ1) is 8.67. The first-order valence-electron chi connectivity index (χ1n) is 5.15. The highest BCUT2D eigenvalue weighted by Gasteiger charge is 2.11. The van der Waals surface area contributed by atoms with Crippen LogP contribution in [0.5, 0.6) is 5.88 Å². The van der Waals surface area contributed by atoms with Crippen molar-refractivity contribution in [1.82, 2.24) is 15.0 Å². The molecule has 0 aliphatic rings. The van der Waals surface area contributed by atoms with E-state index in [1.807, 2.05) is 6.92 Å². The first-order valence-corrected chi connectivity index (χ1v) is 5.53. The minimum Gasteiger partial charge on any atom is -0.479 e. The Hall–Kier alpha value is -2.01. The maximum absolute atomic E-state index is 10.7. The van der Waals surface area contributed by atoms with E-state index in [0.717, 1.165) is 11.1 Å². The number of pyridine rings is 1. The molecule has 2 heterocycles. The summed E-state index contributed by atoms with van der Waals surface area (Å²) < 4.78 is 5.02. The van der Waals surface area contributed by atoms with E-state index in [2.05, 4.69) is 15.0 Å². The maximum atomic E-state index is 10.7. The average molecular weight is 264 g/mol. The van der Waals surface area contributed by atoms with E-state index in [1.54, 1.807) is 12.3 Å². The van der Waals surface area contributed by atoms with Crippen LogP contribution >= 0.6 is 11.6 Å². The Morgan fingerprint density at radius 3 is 2.83 bits per heavy atom. The lowest BCUT2D eigenvalue weighted by molar-refractivity contribution is 0.111. The fraction of sp³-hybridized carbons (Fsp3) is 0.167. The molecule has 6 heteroatoms. The number of carbonyl (C=O) groups excluding carboxylic acids is 1. The van der Waals surface area contributed by atoms with Gasteiger partial charge in [-0.05, 0) is 18.6 Å². The molecule has 0 aliphatic carbocycles. The Balaban J connectivity index is 2.58. The van der Waals surface area contributed by atoms with Crippen LogP contribution in [0.4, 0.5) is 0 Å². The topological polar surface area (TPSA) is 65.0 Å². The largest absolute Gasteiger partial charge is 0.479 e. The molecule has 0 bridgehead atoms. The highest BCUT2D eigenvalue weighted by molar-refractivity contribution is 6.30. The molecule has 0 N–H and O–H groups in total. The van der Waals surface area contributed by atoms with Crippen LogP contribution in [0.2, 0.25) is 5.15 Å². The zero-order valence-corrected chi connectivity index (χ0v) is 10.6. The van der Waals surface area contributed by atoms with Gasteiger partial charge in [0.15, 0.2) is 12.0 Å². The third-order valence-corrected chi connectivity index (χ3v) is 2.87. The van der Waals surface area contributed by atoms with Crippen molar-refractivity contribution in [1.29, 1.82) is 0 Å². The van der Waals surface area contributed by atoms with Crippen molar-refractivity contribution >= 4 is 17.9 Å². The van der Waals surface area contributed by atoms with E-state index in [4.69, 9.17) is 16.3 Å². The van der Waals surface area contributed by atoms with Gasteiger partial charge in [-0.3, -0.25) is 4.79 Å². The fourth-order valence-corrected chi connectivity index (χ4v) is 1.69. The first kappa shape index (κ1) is 12.4. The zero-order chi connectivity index (χ0) is 13.1. The standard InChI is InChI=1S/C12H10ClN3O2/c1-7-8(3-4-14-11(7)13)9-5-15-10(6-17)12(16-9)18-2/h3-6H,1-2H3. The molecule has 5 nitrogen and oxygen atoms in total. The van der Waals surface area contributed by atoms with E-state index in [-0.39, 0.29) is 11.6 Å². The van der Waals surface area contributed by atoms with Gasteiger partial charge in [-0.25, -0.2) is 15.0 Å². The molecule has 0 unspecified atom stereocenters. The maximum Gasteiger partial charge on any atom is 0.243 e. The second-order valence-corrected chi connectivity index (χ2v) is 3.90. The number of hydrogen-bond acceptors (Lipinski definition) is 5. The van der Waals surface area contributed by atoms with Crippen LogP contribution in [0.25, 0.3) is 11.3 Å². The van der Waals surface area contributed by atoms with Crippen LogP contribution in [0, 0.1) is 6.92 Å². The third kappa shape index (κ3) is 2.17. The number of methoxy groups -OCH3 is 1. The number of rotatable bonds is 3. The normalized spacial score (nSPS) is 10.2. The molecular weight excluding hydrogens is 254 g/mol. The molecule has 2 aromatic heterocycles. The minimum absolute atomic E-state index is 0.166. The Morgan fingerprint density at radius 2 is 2.17 bits per heavy atom. The summed E-state index contributed by atoms with van der Waals surface area (Å²) >= 11 is 5.95. The molecule has 18 heavy (non-hydrogen) atoms. The van der Waals surface area contributed by atoms with Crippen LogP contribution in [0.1, 0.15) is 16.1 Å². The summed E-state index contributed by atoms with van der Waals surface area (Å²) in [5, 5.41) is 0.410. The number of carbonyl (C=O) groups is 1. The van der Waals surface area contributed by atoms with Crippen molar-refractivity contribution in [3.63, 3.8) is 0 Å². The lowest BCUT2D eigenvalue weighted by Crippen LogP contribution is -2.00. The lowest BCUT2D eigenvalue weighted by Gasteiger charge is -2.08. The Labute approximate surface area is 109 Å². The smallest absolute Gasteiger partial charge is 0.243 e. The summed E-state index contributed by atoms with van der Waals surface area (Å²) in [5.74, 6) is 0.190. The quantitative estimate of drug-likeness (QED) is 0.628. The van der Waals surface area contributed by atoms with Gasteiger partial charge in [0, 0.05) is 11.8 Å². The van der Waals surface area contributed by atoms with E-state index in [0.29, 0.717) is 17.1 Å². The SMILES string of the molecule is COc1nc(-c2ccnc(Cl)c2C)cnc1C=O. The van der Waals surface area contributed by atoms with Crippen LogP contribution < -0.4 is 4.74 Å². The van der Waals surface area contributed by atoms with E-state index in [1.165, 1.54) is 13.3 Å². The van der Waals surface area contributed by atoms with Crippen molar-refractivity contribution < 1.29 is 9.53 Å². The number of aromatic nitrogens is 3. The van der Waals surface area contributed by atoms with Crippen molar-refractivity contribution in [2.45, 2.75) is 6.92 Å². The van der Waals surface area contributed by atoms with Crippen LogP contribution in [-0.4, -0.2) is 28.3 Å². The summed E-state index contributed by atoms with van der Waals surface area (Å²) in [5.41, 5.74) is 2.35. The van der Waals surface area contributed by atoms with Crippen LogP contribution in [0.15, 0.2) is 18.5 Å². The number of aldehydes is 1. The molecule has 0 spiro atoms. The summed E-state index contributed by atoms with van der Waals surface area (Å²) in [6, 6.07) is 1.78. The third-order valence-electron chi connectivity index (χ3n) is 2.49. The van der Waals surface area contributed by atoms with Gasteiger partial charge in [-0.2, -0.15) is 0 Å². The molecule has 92 valence electrons. The van der Waals surface area contributed by atoms with Gasteiger partial charge in [-0.15, -0.1) is 0 Å². The van der Waals surface area contributed by atoms with Gasteiger partial charge >= 0.3 is 0 Å². The van der Waals surface area contributed by atoms with Gasteiger partial charge < -0.3 is 4.74 Å². The zero-order valence-electron chi connectivity index (χ0n) is 9.85. The predicted octanol–water partition coefficient (Wildman–Crippen LogP) is 2.32. The van der Waals surface area contributed by atoms with E-state index < -0.39 is 0 Å². The molecule has 0 aliphatic heterocycles. The van der Waals surface area contributed by atoms with Gasteiger partial charge in [0.2, 0.25) is 5.88 Å². The average Bonchev–Trinajstić information content (AvgIpc) is 2.41. The summed E-state index contributed by atoms with van der Waals surface area (Å²) in [6.07, 6.45) is 3.69. The number of nitrogens with zero attached hydrogens (tertiary/aromatic N) is 3. The van der Waals surface area contributed by atoms with E-state index >= 15 is 0 Å². The Kier molecular flexibility index (Phi) is 3.53. The molecule has 2 aromatic rings. The molecule has 0 fully saturated rings. The van der Waals surface area contributed by atoms with Crippen molar-refractivity contribution in [3.05, 3.63) is 34.9 Å². The molecule has 0 amide bonds. The molecule has 0 aromatic carbocycles. The molecule has 0 saturated heterocycles. The van der Waals surface area contributed by atoms with Crippen molar-refractivity contribution in [2.24, 2.45) is 0 Å². The molecular formula is C12H10ClN3O2. The molecule has 0 radical (unpaired) electrons. The lowest BCUT2D eigenvalue weighted by atomic mass is 10.1. The van der Waals surface area contributed by atoms with Crippen molar-refractivity contribution in [2.75, 3.05) is 7.11 Å². The summed E-state index contributed by atoms with van der Waals surface area (Å²) in [6.45, 7) is 1.84. The minimum atomic E-state index is 0.166. The van der Waals surface area contributed by atoms with Gasteiger partial charge in [0.05, 0.1) is 19.0 Å². The monoisotopic (exact) mass is 263 g/mol. The Morgan fingerprint density at radius 1 is 1.39 bits per heavy atom. The summed E-state index contributed by atoms with van der Waals surface area (Å²) in [4.78, 5) is 22.9. The van der Waals surface area contributed by atoms with E-state index in [9.17, 15) is 4.79 Å². The number of halogens is 1. The number of hydrogen-bond donors (Lipinski definition) is 0. The fourth-order valence-electron chi connectivity index (χ4n) is 1.53. The van der Waals surface area contributed by atoms with Crippen molar-refractivity contribution in [3.8, 4) is 17.1 Å². The highest BCUT2D eigenvalue weighted by atomic mass is 35.5. The Bertz CT molecular complexity index is 602.